The molecule has 30 heavy (non-hydrogen) atoms. The Bertz CT molecular complexity index is 1010. The van der Waals surface area contributed by atoms with E-state index >= 15 is 0 Å². The number of hydrogen-bond acceptors (Lipinski definition) is 5. The van der Waals surface area contributed by atoms with E-state index in [1.165, 1.54) is 0 Å². The number of nitrogens with one attached hydrogen (secondary N) is 1. The third-order valence-corrected chi connectivity index (χ3v) is 4.66. The molecule has 3 aromatic rings. The quantitative estimate of drug-likeness (QED) is 0.545. The van der Waals surface area contributed by atoms with Crippen molar-refractivity contribution in [3.05, 3.63) is 47.9 Å². The number of hydrogen-bond donors (Lipinski definition) is 1. The van der Waals surface area contributed by atoms with Crippen molar-refractivity contribution in [1.82, 2.24) is 19.9 Å². The summed E-state index contributed by atoms with van der Waals surface area (Å²) in [5.74, 6) is 1.25. The van der Waals surface area contributed by atoms with Crippen LogP contribution in [0.4, 0.5) is 4.79 Å². The molecule has 160 valence electrons. The molecule has 0 unspecified atom stereocenters. The third kappa shape index (κ3) is 5.49. The minimum Gasteiger partial charge on any atom is -0.444 e. The Morgan fingerprint density at radius 3 is 2.57 bits per heavy atom. The summed E-state index contributed by atoms with van der Waals surface area (Å²) >= 11 is 0. The summed E-state index contributed by atoms with van der Waals surface area (Å²) in [5, 5.41) is 2.80. The van der Waals surface area contributed by atoms with Gasteiger partial charge in [-0.05, 0) is 65.2 Å². The number of alkyl carbamates (subject to hydrolysis) is 1. The minimum absolute atomic E-state index is 0.379. The maximum Gasteiger partial charge on any atom is 0.407 e. The topological polar surface area (TPSA) is 78.3 Å². The lowest BCUT2D eigenvalue weighted by Gasteiger charge is -2.19. The van der Waals surface area contributed by atoms with Crippen molar-refractivity contribution in [3.8, 4) is 11.6 Å². The molecule has 0 atom stereocenters. The molecule has 0 spiro atoms. The third-order valence-electron chi connectivity index (χ3n) is 4.66. The van der Waals surface area contributed by atoms with E-state index in [-0.39, 0.29) is 6.09 Å². The van der Waals surface area contributed by atoms with Crippen LogP contribution in [0.25, 0.3) is 11.0 Å². The number of fused-ring (bicyclic) bond motifs is 1. The standard InChI is InChI=1S/C23H30N4O3/c1-16-17(2)26-21(29-18-11-7-6-8-12-18)19-20(16)27(15-25-19)14-10-9-13-24-22(28)30-23(3,4)5/h6-8,11-12,15H,9-10,13-14H2,1-5H3,(H,24,28). The fourth-order valence-electron chi connectivity index (χ4n) is 3.14. The average molecular weight is 411 g/mol. The lowest BCUT2D eigenvalue weighted by Crippen LogP contribution is -2.33. The number of benzene rings is 1. The highest BCUT2D eigenvalue weighted by atomic mass is 16.6. The Hall–Kier alpha value is -3.09. The van der Waals surface area contributed by atoms with Gasteiger partial charge in [-0.15, -0.1) is 0 Å². The Morgan fingerprint density at radius 1 is 1.13 bits per heavy atom. The van der Waals surface area contributed by atoms with Gasteiger partial charge in [0.1, 0.15) is 11.4 Å². The average Bonchev–Trinajstić information content (AvgIpc) is 3.09. The zero-order chi connectivity index (χ0) is 21.7. The molecule has 3 rings (SSSR count). The second-order valence-corrected chi connectivity index (χ2v) is 8.31. The van der Waals surface area contributed by atoms with E-state index in [1.54, 1.807) is 0 Å². The van der Waals surface area contributed by atoms with Gasteiger partial charge >= 0.3 is 6.09 Å². The highest BCUT2D eigenvalue weighted by Gasteiger charge is 2.17. The molecule has 2 aromatic heterocycles. The second kappa shape index (κ2) is 9.15. The van der Waals surface area contributed by atoms with Crippen LogP contribution in [0.5, 0.6) is 11.6 Å². The van der Waals surface area contributed by atoms with E-state index in [9.17, 15) is 4.79 Å². The predicted molar refractivity (Wildman–Crippen MR) is 117 cm³/mol. The number of pyridine rings is 1. The van der Waals surface area contributed by atoms with E-state index in [0.717, 1.165) is 47.4 Å². The summed E-state index contributed by atoms with van der Waals surface area (Å²) in [4.78, 5) is 20.9. The zero-order valence-corrected chi connectivity index (χ0v) is 18.4. The normalized spacial score (nSPS) is 11.5. The molecule has 7 nitrogen and oxygen atoms in total. The molecule has 0 saturated carbocycles. The van der Waals surface area contributed by atoms with Gasteiger partial charge in [-0.25, -0.2) is 14.8 Å². The first kappa shape index (κ1) is 21.6. The van der Waals surface area contributed by atoms with Crippen LogP contribution in [0.3, 0.4) is 0 Å². The van der Waals surface area contributed by atoms with Crippen LogP contribution in [-0.4, -0.2) is 32.8 Å². The monoisotopic (exact) mass is 410 g/mol. The molecule has 2 heterocycles. The number of amides is 1. The second-order valence-electron chi connectivity index (χ2n) is 8.31. The Kier molecular flexibility index (Phi) is 6.59. The first-order valence-electron chi connectivity index (χ1n) is 10.3. The first-order chi connectivity index (χ1) is 14.2. The molecule has 0 bridgehead atoms. The van der Waals surface area contributed by atoms with Crippen LogP contribution in [0.1, 0.15) is 44.9 Å². The van der Waals surface area contributed by atoms with E-state index in [4.69, 9.17) is 9.47 Å². The van der Waals surface area contributed by atoms with E-state index in [2.05, 4.69) is 26.8 Å². The molecular weight excluding hydrogens is 380 g/mol. The van der Waals surface area contributed by atoms with Gasteiger partial charge in [0.25, 0.3) is 0 Å². The first-order valence-corrected chi connectivity index (χ1v) is 10.3. The molecule has 1 amide bonds. The molecule has 0 fully saturated rings. The Balaban J connectivity index is 1.65. The van der Waals surface area contributed by atoms with Gasteiger partial charge in [0.2, 0.25) is 5.88 Å². The maximum atomic E-state index is 11.7. The van der Waals surface area contributed by atoms with Crippen molar-refractivity contribution in [3.63, 3.8) is 0 Å². The molecular formula is C23H30N4O3. The van der Waals surface area contributed by atoms with Crippen molar-refractivity contribution >= 4 is 17.1 Å². The van der Waals surface area contributed by atoms with Crippen molar-refractivity contribution in [2.75, 3.05) is 6.54 Å². The van der Waals surface area contributed by atoms with Crippen LogP contribution < -0.4 is 10.1 Å². The molecule has 7 heteroatoms. The van der Waals surface area contributed by atoms with Crippen molar-refractivity contribution in [2.45, 2.75) is 59.6 Å². The molecule has 0 radical (unpaired) electrons. The number of para-hydroxylation sites is 1. The van der Waals surface area contributed by atoms with Crippen LogP contribution >= 0.6 is 0 Å². The summed E-state index contributed by atoms with van der Waals surface area (Å²) in [7, 11) is 0. The number of ether oxygens (including phenoxy) is 2. The summed E-state index contributed by atoms with van der Waals surface area (Å²) in [6, 6.07) is 9.60. The van der Waals surface area contributed by atoms with Gasteiger partial charge in [-0.1, -0.05) is 18.2 Å². The highest BCUT2D eigenvalue weighted by molar-refractivity contribution is 5.84. The molecule has 1 N–H and O–H groups in total. The van der Waals surface area contributed by atoms with Crippen LogP contribution in [0, 0.1) is 13.8 Å². The van der Waals surface area contributed by atoms with Crippen LogP contribution in [0.2, 0.25) is 0 Å². The van der Waals surface area contributed by atoms with Crippen molar-refractivity contribution < 1.29 is 14.3 Å². The van der Waals surface area contributed by atoms with Crippen molar-refractivity contribution in [1.29, 1.82) is 0 Å². The molecule has 0 aliphatic heterocycles. The largest absolute Gasteiger partial charge is 0.444 e. The van der Waals surface area contributed by atoms with E-state index < -0.39 is 5.60 Å². The summed E-state index contributed by atoms with van der Waals surface area (Å²) in [5.41, 5.74) is 3.32. The Morgan fingerprint density at radius 2 is 1.87 bits per heavy atom. The van der Waals surface area contributed by atoms with E-state index in [1.807, 2.05) is 64.4 Å². The lowest BCUT2D eigenvalue weighted by molar-refractivity contribution is 0.0527. The molecule has 0 aliphatic rings. The van der Waals surface area contributed by atoms with Gasteiger partial charge in [0.05, 0.1) is 11.8 Å². The Labute approximate surface area is 177 Å². The number of carbonyl (C=O) groups excluding carboxylic acids is 1. The number of imidazole rings is 1. The fourth-order valence-corrected chi connectivity index (χ4v) is 3.14. The number of carbonyl (C=O) groups is 1. The zero-order valence-electron chi connectivity index (χ0n) is 18.4. The SMILES string of the molecule is Cc1nc(Oc2ccccc2)c2ncn(CCCCNC(=O)OC(C)(C)C)c2c1C. The van der Waals surface area contributed by atoms with Gasteiger partial charge in [0, 0.05) is 18.8 Å². The van der Waals surface area contributed by atoms with Crippen LogP contribution in [-0.2, 0) is 11.3 Å². The van der Waals surface area contributed by atoms with E-state index in [0.29, 0.717) is 12.4 Å². The smallest absolute Gasteiger partial charge is 0.407 e. The highest BCUT2D eigenvalue weighted by Crippen LogP contribution is 2.30. The molecule has 0 aliphatic carbocycles. The lowest BCUT2D eigenvalue weighted by atomic mass is 10.2. The molecule has 0 saturated heterocycles. The minimum atomic E-state index is -0.483. The van der Waals surface area contributed by atoms with Gasteiger partial charge in [-0.3, -0.25) is 0 Å². The van der Waals surface area contributed by atoms with Gasteiger partial charge < -0.3 is 19.4 Å². The summed E-state index contributed by atoms with van der Waals surface area (Å²) in [6.07, 6.45) is 3.19. The van der Waals surface area contributed by atoms with Crippen LogP contribution in [0.15, 0.2) is 36.7 Å². The predicted octanol–water partition coefficient (Wildman–Crippen LogP) is 5.15. The fraction of sp³-hybridized carbons (Fsp3) is 0.435. The number of unbranched alkanes of at least 4 members (excludes halogenated alkanes) is 1. The number of aromatic nitrogens is 3. The number of aryl methyl sites for hydroxylation is 3. The number of rotatable bonds is 7. The van der Waals surface area contributed by atoms with Gasteiger partial charge in [-0.2, -0.15) is 0 Å². The van der Waals surface area contributed by atoms with Gasteiger partial charge in [0.15, 0.2) is 5.52 Å². The summed E-state index contributed by atoms with van der Waals surface area (Å²) in [6.45, 7) is 11.0. The molecule has 1 aromatic carbocycles. The maximum absolute atomic E-state index is 11.7. The number of nitrogens with zero attached hydrogens (tertiary/aromatic N) is 3. The summed E-state index contributed by atoms with van der Waals surface area (Å²) < 4.78 is 13.4. The van der Waals surface area contributed by atoms with Crippen molar-refractivity contribution in [2.24, 2.45) is 0 Å².